The Balaban J connectivity index is 2.43. The molecule has 0 atom stereocenters. The maximum Gasteiger partial charge on any atom is 0.193 e. The van der Waals surface area contributed by atoms with E-state index < -0.39 is 8.32 Å². The Morgan fingerprint density at radius 2 is 1.13 bits per heavy atom. The summed E-state index contributed by atoms with van der Waals surface area (Å²) in [5, 5.41) is 1.61. The van der Waals surface area contributed by atoms with Crippen LogP contribution in [-0.4, -0.2) is 8.32 Å². The van der Waals surface area contributed by atoms with Crippen LogP contribution >= 0.6 is 23.2 Å². The zero-order valence-corrected chi connectivity index (χ0v) is 16.9. The van der Waals surface area contributed by atoms with Gasteiger partial charge in [0.25, 0.3) is 0 Å². The highest BCUT2D eigenvalue weighted by Crippen LogP contribution is 2.41. The summed E-state index contributed by atoms with van der Waals surface area (Å²) in [6, 6.07) is 15.8. The molecule has 23 heavy (non-hydrogen) atoms. The van der Waals surface area contributed by atoms with Crippen LogP contribution in [0, 0.1) is 0 Å². The van der Waals surface area contributed by atoms with Gasteiger partial charge in [-0.25, -0.2) is 0 Å². The highest BCUT2D eigenvalue weighted by molar-refractivity contribution is 6.74. The molecule has 0 amide bonds. The van der Waals surface area contributed by atoms with Crippen molar-refractivity contribution in [1.29, 1.82) is 0 Å². The van der Waals surface area contributed by atoms with E-state index in [0.717, 1.165) is 21.2 Å². The molecule has 4 heteroatoms. The van der Waals surface area contributed by atoms with Crippen LogP contribution in [0.4, 0.5) is 0 Å². The van der Waals surface area contributed by atoms with Crippen LogP contribution in [0.25, 0.3) is 0 Å². The van der Waals surface area contributed by atoms with E-state index in [-0.39, 0.29) is 11.1 Å². The number of rotatable bonds is 4. The molecule has 0 fully saturated rings. The second-order valence-electron chi connectivity index (χ2n) is 7.36. The lowest BCUT2D eigenvalue weighted by Gasteiger charge is -2.39. The molecule has 2 rings (SSSR count). The van der Waals surface area contributed by atoms with E-state index in [4.69, 9.17) is 27.6 Å². The van der Waals surface area contributed by atoms with Gasteiger partial charge in [-0.3, -0.25) is 0 Å². The van der Waals surface area contributed by atoms with E-state index in [1.54, 1.807) is 0 Å². The maximum atomic E-state index is 6.71. The molecule has 0 unspecified atom stereocenters. The second kappa shape index (κ2) is 6.98. The van der Waals surface area contributed by atoms with Gasteiger partial charge in [-0.1, -0.05) is 68.2 Å². The quantitative estimate of drug-likeness (QED) is 0.524. The first kappa shape index (κ1) is 18.5. The SMILES string of the molecule is CC(C)(C)[Si](C)(C)OC(c1ccc(Cl)cc1)c1ccc(Cl)cc1. The van der Waals surface area contributed by atoms with Gasteiger partial charge in [0.2, 0.25) is 0 Å². The highest BCUT2D eigenvalue weighted by atomic mass is 35.5. The van der Waals surface area contributed by atoms with Crippen molar-refractivity contribution in [2.75, 3.05) is 0 Å². The Labute approximate surface area is 150 Å². The molecule has 0 spiro atoms. The summed E-state index contributed by atoms with van der Waals surface area (Å²) in [6.07, 6.45) is -0.106. The van der Waals surface area contributed by atoms with Crippen LogP contribution in [0.2, 0.25) is 28.2 Å². The van der Waals surface area contributed by atoms with Gasteiger partial charge in [0.1, 0.15) is 0 Å². The standard InChI is InChI=1S/C19H24Cl2OSi/c1-19(2,3)23(4,5)22-18(14-6-10-16(20)11-7-14)15-8-12-17(21)13-9-15/h6-13,18H,1-5H3. The first-order chi connectivity index (χ1) is 10.6. The molecule has 0 heterocycles. The Bertz CT molecular complexity index is 597. The van der Waals surface area contributed by atoms with Crippen molar-refractivity contribution in [2.45, 2.75) is 45.0 Å². The van der Waals surface area contributed by atoms with Crippen molar-refractivity contribution in [3.63, 3.8) is 0 Å². The van der Waals surface area contributed by atoms with Crippen molar-refractivity contribution in [3.8, 4) is 0 Å². The number of hydrogen-bond donors (Lipinski definition) is 0. The fourth-order valence-corrected chi connectivity index (χ4v) is 3.54. The fraction of sp³-hybridized carbons (Fsp3) is 0.368. The van der Waals surface area contributed by atoms with Gasteiger partial charge in [0.05, 0.1) is 6.10 Å². The summed E-state index contributed by atoms with van der Waals surface area (Å²) in [4.78, 5) is 0. The molecule has 0 saturated heterocycles. The number of halogens is 2. The molecule has 0 N–H and O–H groups in total. The first-order valence-corrected chi connectivity index (χ1v) is 11.5. The summed E-state index contributed by atoms with van der Waals surface area (Å²) in [5.74, 6) is 0. The van der Waals surface area contributed by atoms with Gasteiger partial charge < -0.3 is 4.43 Å². The van der Waals surface area contributed by atoms with E-state index in [9.17, 15) is 0 Å². The zero-order chi connectivity index (χ0) is 17.3. The lowest BCUT2D eigenvalue weighted by Crippen LogP contribution is -2.42. The van der Waals surface area contributed by atoms with Crippen LogP contribution in [0.5, 0.6) is 0 Å². The number of benzene rings is 2. The molecule has 0 saturated carbocycles. The maximum absolute atomic E-state index is 6.71. The molecule has 0 aliphatic heterocycles. The second-order valence-corrected chi connectivity index (χ2v) is 13.0. The predicted octanol–water partition coefficient (Wildman–Crippen LogP) is 7.10. The average molecular weight is 367 g/mol. The largest absolute Gasteiger partial charge is 0.406 e. The van der Waals surface area contributed by atoms with E-state index in [1.165, 1.54) is 0 Å². The monoisotopic (exact) mass is 366 g/mol. The van der Waals surface area contributed by atoms with Crippen LogP contribution < -0.4 is 0 Å². The Hall–Kier alpha value is -0.803. The first-order valence-electron chi connectivity index (χ1n) is 7.79. The van der Waals surface area contributed by atoms with Crippen molar-refractivity contribution in [2.24, 2.45) is 0 Å². The van der Waals surface area contributed by atoms with Gasteiger partial charge in [-0.05, 0) is 53.5 Å². The third kappa shape index (κ3) is 4.60. The fourth-order valence-electron chi connectivity index (χ4n) is 2.08. The molecule has 0 radical (unpaired) electrons. The van der Waals surface area contributed by atoms with Crippen LogP contribution in [0.3, 0.4) is 0 Å². The van der Waals surface area contributed by atoms with Crippen LogP contribution in [0.15, 0.2) is 48.5 Å². The molecule has 0 bridgehead atoms. The molecular formula is C19H24Cl2OSi. The van der Waals surface area contributed by atoms with Crippen molar-refractivity contribution < 1.29 is 4.43 Å². The van der Waals surface area contributed by atoms with Gasteiger partial charge >= 0.3 is 0 Å². The third-order valence-corrected chi connectivity index (χ3v) is 9.51. The van der Waals surface area contributed by atoms with E-state index in [2.05, 4.69) is 33.9 Å². The predicted molar refractivity (Wildman–Crippen MR) is 103 cm³/mol. The van der Waals surface area contributed by atoms with E-state index >= 15 is 0 Å². The lowest BCUT2D eigenvalue weighted by molar-refractivity contribution is 0.222. The summed E-state index contributed by atoms with van der Waals surface area (Å²) in [6.45, 7) is 11.3. The minimum absolute atomic E-state index is 0.106. The summed E-state index contributed by atoms with van der Waals surface area (Å²) in [5.41, 5.74) is 2.23. The Morgan fingerprint density at radius 1 is 0.783 bits per heavy atom. The Morgan fingerprint density at radius 3 is 1.43 bits per heavy atom. The van der Waals surface area contributed by atoms with Gasteiger partial charge in [0.15, 0.2) is 8.32 Å². The van der Waals surface area contributed by atoms with Crippen molar-refractivity contribution in [3.05, 3.63) is 69.7 Å². The molecule has 0 aliphatic rings. The van der Waals surface area contributed by atoms with Crippen LogP contribution in [-0.2, 0) is 4.43 Å². The summed E-state index contributed by atoms with van der Waals surface area (Å²) < 4.78 is 6.71. The van der Waals surface area contributed by atoms with E-state index in [1.807, 2.05) is 48.5 Å². The van der Waals surface area contributed by atoms with Gasteiger partial charge in [-0.15, -0.1) is 0 Å². The Kier molecular flexibility index (Phi) is 5.62. The third-order valence-electron chi connectivity index (χ3n) is 4.56. The smallest absolute Gasteiger partial charge is 0.193 e. The molecule has 2 aromatic rings. The highest BCUT2D eigenvalue weighted by Gasteiger charge is 2.39. The topological polar surface area (TPSA) is 9.23 Å². The van der Waals surface area contributed by atoms with E-state index in [0.29, 0.717) is 0 Å². The average Bonchev–Trinajstić information content (AvgIpc) is 2.46. The molecule has 0 aliphatic carbocycles. The normalized spacial score (nSPS) is 12.7. The zero-order valence-electron chi connectivity index (χ0n) is 14.4. The minimum atomic E-state index is -1.93. The lowest BCUT2D eigenvalue weighted by atomic mass is 10.0. The molecule has 1 nitrogen and oxygen atoms in total. The molecular weight excluding hydrogens is 343 g/mol. The van der Waals surface area contributed by atoms with Gasteiger partial charge in [-0.2, -0.15) is 0 Å². The van der Waals surface area contributed by atoms with Crippen LogP contribution in [0.1, 0.15) is 38.0 Å². The van der Waals surface area contributed by atoms with Gasteiger partial charge in [0, 0.05) is 10.0 Å². The van der Waals surface area contributed by atoms with Crippen molar-refractivity contribution >= 4 is 31.5 Å². The number of hydrogen-bond acceptors (Lipinski definition) is 1. The molecule has 2 aromatic carbocycles. The molecule has 124 valence electrons. The molecule has 0 aromatic heterocycles. The summed E-state index contributed by atoms with van der Waals surface area (Å²) in [7, 11) is -1.93. The minimum Gasteiger partial charge on any atom is -0.406 e. The van der Waals surface area contributed by atoms with Crippen molar-refractivity contribution in [1.82, 2.24) is 0 Å². The summed E-state index contributed by atoms with van der Waals surface area (Å²) >= 11 is 12.1.